The van der Waals surface area contributed by atoms with Crippen molar-refractivity contribution in [2.24, 2.45) is 11.5 Å². The zero-order valence-electron chi connectivity index (χ0n) is 14.6. The van der Waals surface area contributed by atoms with Crippen LogP contribution in [0.1, 0.15) is 32.6 Å². The van der Waals surface area contributed by atoms with Crippen molar-refractivity contribution < 1.29 is 29.1 Å². The van der Waals surface area contributed by atoms with Gasteiger partial charge in [-0.25, -0.2) is 0 Å². The van der Waals surface area contributed by atoms with Crippen molar-refractivity contribution in [3.05, 3.63) is 0 Å². The molecule has 0 spiro atoms. The molecule has 0 saturated carbocycles. The van der Waals surface area contributed by atoms with Crippen LogP contribution in [0.4, 0.5) is 0 Å². The van der Waals surface area contributed by atoms with Crippen molar-refractivity contribution in [3.8, 4) is 0 Å². The first-order valence-corrected chi connectivity index (χ1v) is 8.27. The zero-order valence-corrected chi connectivity index (χ0v) is 14.6. The van der Waals surface area contributed by atoms with Crippen molar-refractivity contribution in [2.45, 2.75) is 50.7 Å². The standard InChI is InChI=1S/C15H25N5O6/c1-8(15(25)26)19-14(24)10-3-2-6-20(10)12(22)7-18-13(23)9(16)4-5-11(17)21/h8-10H,2-7,16H2,1H3,(H2,17,21)(H,18,23)(H,19,24)(H,25,26). The molecule has 0 aromatic rings. The van der Waals surface area contributed by atoms with Gasteiger partial charge in [0.15, 0.2) is 0 Å². The number of primary amides is 1. The number of amides is 4. The summed E-state index contributed by atoms with van der Waals surface area (Å²) in [5.74, 6) is -3.37. The minimum atomic E-state index is -1.17. The van der Waals surface area contributed by atoms with Crippen LogP contribution >= 0.6 is 0 Å². The van der Waals surface area contributed by atoms with Crippen LogP contribution in [0.15, 0.2) is 0 Å². The van der Waals surface area contributed by atoms with Crippen molar-refractivity contribution >= 4 is 29.6 Å². The summed E-state index contributed by atoms with van der Waals surface area (Å²) in [5.41, 5.74) is 10.6. The van der Waals surface area contributed by atoms with E-state index in [0.29, 0.717) is 19.4 Å². The minimum absolute atomic E-state index is 0.0430. The first-order valence-electron chi connectivity index (χ1n) is 8.27. The first kappa shape index (κ1) is 21.4. The average Bonchev–Trinajstić information content (AvgIpc) is 3.06. The predicted octanol–water partition coefficient (Wildman–Crippen LogP) is -2.72. The monoisotopic (exact) mass is 371 g/mol. The van der Waals surface area contributed by atoms with Crippen molar-refractivity contribution in [2.75, 3.05) is 13.1 Å². The second-order valence-electron chi connectivity index (χ2n) is 6.14. The first-order chi connectivity index (χ1) is 12.1. The van der Waals surface area contributed by atoms with Crippen LogP contribution in [0.2, 0.25) is 0 Å². The highest BCUT2D eigenvalue weighted by Gasteiger charge is 2.35. The lowest BCUT2D eigenvalue weighted by Crippen LogP contribution is -2.52. The molecule has 0 bridgehead atoms. The third-order valence-electron chi connectivity index (χ3n) is 4.06. The molecule has 1 saturated heterocycles. The summed E-state index contributed by atoms with van der Waals surface area (Å²) < 4.78 is 0. The van der Waals surface area contributed by atoms with Crippen LogP contribution < -0.4 is 22.1 Å². The molecular formula is C15H25N5O6. The summed E-state index contributed by atoms with van der Waals surface area (Å²) in [6.45, 7) is 1.32. The molecule has 26 heavy (non-hydrogen) atoms. The second-order valence-corrected chi connectivity index (χ2v) is 6.14. The maximum absolute atomic E-state index is 12.3. The molecule has 1 aliphatic heterocycles. The Morgan fingerprint density at radius 3 is 2.50 bits per heavy atom. The number of nitrogens with one attached hydrogen (secondary N) is 2. The normalized spacial score (nSPS) is 18.7. The van der Waals surface area contributed by atoms with E-state index in [0.717, 1.165) is 0 Å². The molecule has 3 unspecified atom stereocenters. The molecular weight excluding hydrogens is 346 g/mol. The SMILES string of the molecule is CC(NC(=O)C1CCCN1C(=O)CNC(=O)C(N)CCC(N)=O)C(=O)O. The number of nitrogens with zero attached hydrogens (tertiary/aromatic N) is 1. The van der Waals surface area contributed by atoms with E-state index < -0.39 is 47.7 Å². The molecule has 1 aliphatic rings. The van der Waals surface area contributed by atoms with E-state index in [9.17, 15) is 24.0 Å². The summed E-state index contributed by atoms with van der Waals surface area (Å²) in [7, 11) is 0. The van der Waals surface area contributed by atoms with Gasteiger partial charge in [-0.05, 0) is 26.2 Å². The van der Waals surface area contributed by atoms with Gasteiger partial charge in [-0.15, -0.1) is 0 Å². The lowest BCUT2D eigenvalue weighted by Gasteiger charge is -2.25. The average molecular weight is 371 g/mol. The number of carboxylic acids is 1. The quantitative estimate of drug-likeness (QED) is 0.291. The van der Waals surface area contributed by atoms with E-state index in [1.807, 2.05) is 0 Å². The fourth-order valence-corrected chi connectivity index (χ4v) is 2.53. The zero-order chi connectivity index (χ0) is 19.9. The molecule has 11 nitrogen and oxygen atoms in total. The Bertz CT molecular complexity index is 581. The molecule has 0 aromatic heterocycles. The van der Waals surface area contributed by atoms with Gasteiger partial charge in [0.25, 0.3) is 0 Å². The third kappa shape index (κ3) is 6.31. The largest absolute Gasteiger partial charge is 0.480 e. The summed E-state index contributed by atoms with van der Waals surface area (Å²) in [6.07, 6.45) is 1.03. The van der Waals surface area contributed by atoms with Gasteiger partial charge in [0.2, 0.25) is 23.6 Å². The highest BCUT2D eigenvalue weighted by atomic mass is 16.4. The van der Waals surface area contributed by atoms with Crippen LogP contribution in [0, 0.1) is 0 Å². The smallest absolute Gasteiger partial charge is 0.325 e. The van der Waals surface area contributed by atoms with Crippen LogP contribution in [-0.4, -0.2) is 70.8 Å². The topological polar surface area (TPSA) is 185 Å². The van der Waals surface area contributed by atoms with Crippen molar-refractivity contribution in [3.63, 3.8) is 0 Å². The van der Waals surface area contributed by atoms with Crippen LogP contribution in [-0.2, 0) is 24.0 Å². The Hall–Kier alpha value is -2.69. The number of carboxylic acid groups (broad SMARTS) is 1. The van der Waals surface area contributed by atoms with Gasteiger partial charge in [-0.2, -0.15) is 0 Å². The number of carbonyl (C=O) groups excluding carboxylic acids is 4. The van der Waals surface area contributed by atoms with Crippen LogP contribution in [0.25, 0.3) is 0 Å². The molecule has 1 rings (SSSR count). The van der Waals surface area contributed by atoms with Gasteiger partial charge in [-0.1, -0.05) is 0 Å². The lowest BCUT2D eigenvalue weighted by molar-refractivity contribution is -0.143. The van der Waals surface area contributed by atoms with E-state index in [2.05, 4.69) is 10.6 Å². The van der Waals surface area contributed by atoms with Gasteiger partial charge in [-0.3, -0.25) is 24.0 Å². The molecule has 0 radical (unpaired) electrons. The minimum Gasteiger partial charge on any atom is -0.480 e. The van der Waals surface area contributed by atoms with Gasteiger partial charge in [0.05, 0.1) is 12.6 Å². The molecule has 0 aromatic carbocycles. The Kier molecular flexibility index (Phi) is 7.97. The van der Waals surface area contributed by atoms with Crippen LogP contribution in [0.5, 0.6) is 0 Å². The summed E-state index contributed by atoms with van der Waals surface area (Å²) in [6, 6.07) is -2.81. The molecule has 7 N–H and O–H groups in total. The summed E-state index contributed by atoms with van der Waals surface area (Å²) in [5, 5.41) is 13.5. The van der Waals surface area contributed by atoms with E-state index >= 15 is 0 Å². The van der Waals surface area contributed by atoms with Gasteiger partial charge >= 0.3 is 5.97 Å². The Morgan fingerprint density at radius 1 is 1.27 bits per heavy atom. The van der Waals surface area contributed by atoms with Gasteiger partial charge in [0, 0.05) is 13.0 Å². The van der Waals surface area contributed by atoms with E-state index in [-0.39, 0.29) is 19.4 Å². The maximum Gasteiger partial charge on any atom is 0.325 e. The summed E-state index contributed by atoms with van der Waals surface area (Å²) >= 11 is 0. The van der Waals surface area contributed by atoms with E-state index in [1.165, 1.54) is 11.8 Å². The fraction of sp³-hybridized carbons (Fsp3) is 0.667. The number of hydrogen-bond acceptors (Lipinski definition) is 6. The third-order valence-corrected chi connectivity index (χ3v) is 4.06. The fourth-order valence-electron chi connectivity index (χ4n) is 2.53. The Balaban J connectivity index is 2.52. The van der Waals surface area contributed by atoms with Crippen molar-refractivity contribution in [1.82, 2.24) is 15.5 Å². The molecule has 1 fully saturated rings. The predicted molar refractivity (Wildman–Crippen MR) is 89.4 cm³/mol. The number of aliphatic carboxylic acids is 1. The van der Waals surface area contributed by atoms with Gasteiger partial charge < -0.3 is 32.1 Å². The second kappa shape index (κ2) is 9.70. The van der Waals surface area contributed by atoms with E-state index in [1.54, 1.807) is 0 Å². The molecule has 4 amide bonds. The number of rotatable bonds is 9. The van der Waals surface area contributed by atoms with E-state index in [4.69, 9.17) is 16.6 Å². The Morgan fingerprint density at radius 2 is 1.92 bits per heavy atom. The van der Waals surface area contributed by atoms with Gasteiger partial charge in [0.1, 0.15) is 12.1 Å². The molecule has 1 heterocycles. The molecule has 11 heteroatoms. The highest BCUT2D eigenvalue weighted by molar-refractivity contribution is 5.93. The summed E-state index contributed by atoms with van der Waals surface area (Å²) in [4.78, 5) is 59.0. The Labute approximate surface area is 150 Å². The molecule has 146 valence electrons. The number of hydrogen-bond donors (Lipinski definition) is 5. The maximum atomic E-state index is 12.3. The molecule has 0 aliphatic carbocycles. The molecule has 3 atom stereocenters. The number of nitrogens with two attached hydrogens (primary N) is 2. The number of likely N-dealkylation sites (tertiary alicyclic amines) is 1. The van der Waals surface area contributed by atoms with Crippen molar-refractivity contribution in [1.29, 1.82) is 0 Å². The number of carbonyl (C=O) groups is 5. The highest BCUT2D eigenvalue weighted by Crippen LogP contribution is 2.17. The lowest BCUT2D eigenvalue weighted by atomic mass is 10.1. The van der Waals surface area contributed by atoms with Crippen LogP contribution in [0.3, 0.4) is 0 Å².